The Kier molecular flexibility index (Phi) is 7.39. The molecule has 3 heteroatoms. The smallest absolute Gasteiger partial charge is 0.219 e. The van der Waals surface area contributed by atoms with Crippen molar-refractivity contribution in [2.24, 2.45) is 5.92 Å². The lowest BCUT2D eigenvalue weighted by Gasteiger charge is -2.27. The van der Waals surface area contributed by atoms with E-state index < -0.39 is 0 Å². The molecule has 3 nitrogen and oxygen atoms in total. The molecule has 0 aliphatic carbocycles. The molecular formula is C13H28N2O. The van der Waals surface area contributed by atoms with Gasteiger partial charge in [0.2, 0.25) is 5.91 Å². The third kappa shape index (κ3) is 6.83. The van der Waals surface area contributed by atoms with Crippen LogP contribution in [0.3, 0.4) is 0 Å². The SMILES string of the molecule is CC(=O)N(C)CCN(C)C(C)CCC(C)C. The molecule has 0 bridgehead atoms. The summed E-state index contributed by atoms with van der Waals surface area (Å²) in [6, 6.07) is 0.600. The second-order valence-corrected chi connectivity index (χ2v) is 5.24. The molecule has 0 aliphatic heterocycles. The molecule has 1 atom stereocenters. The van der Waals surface area contributed by atoms with Crippen LogP contribution < -0.4 is 0 Å². The lowest BCUT2D eigenvalue weighted by Crippen LogP contribution is -2.37. The number of rotatable bonds is 7. The fourth-order valence-corrected chi connectivity index (χ4v) is 1.48. The molecule has 0 saturated heterocycles. The summed E-state index contributed by atoms with van der Waals surface area (Å²) < 4.78 is 0. The lowest BCUT2D eigenvalue weighted by molar-refractivity contribution is -0.127. The van der Waals surface area contributed by atoms with Gasteiger partial charge >= 0.3 is 0 Å². The highest BCUT2D eigenvalue weighted by Crippen LogP contribution is 2.10. The molecule has 96 valence electrons. The second-order valence-electron chi connectivity index (χ2n) is 5.24. The van der Waals surface area contributed by atoms with Crippen LogP contribution in [0.25, 0.3) is 0 Å². The highest BCUT2D eigenvalue weighted by Gasteiger charge is 2.11. The standard InChI is InChI=1S/C13H28N2O/c1-11(2)7-8-12(3)14(5)9-10-15(6)13(4)16/h11-12H,7-10H2,1-6H3. The monoisotopic (exact) mass is 228 g/mol. The van der Waals surface area contributed by atoms with Gasteiger partial charge in [-0.05, 0) is 32.7 Å². The largest absolute Gasteiger partial charge is 0.345 e. The van der Waals surface area contributed by atoms with E-state index in [1.807, 2.05) is 7.05 Å². The summed E-state index contributed by atoms with van der Waals surface area (Å²) in [6.45, 7) is 10.2. The molecule has 0 rings (SSSR count). The van der Waals surface area contributed by atoms with Crippen LogP contribution in [0.2, 0.25) is 0 Å². The van der Waals surface area contributed by atoms with Gasteiger partial charge in [0.1, 0.15) is 0 Å². The molecule has 0 heterocycles. The minimum absolute atomic E-state index is 0.142. The molecule has 0 aromatic carbocycles. The minimum atomic E-state index is 0.142. The van der Waals surface area contributed by atoms with Crippen molar-refractivity contribution in [3.05, 3.63) is 0 Å². The first-order valence-electron chi connectivity index (χ1n) is 6.26. The summed E-state index contributed by atoms with van der Waals surface area (Å²) in [6.07, 6.45) is 2.51. The highest BCUT2D eigenvalue weighted by atomic mass is 16.2. The molecular weight excluding hydrogens is 200 g/mol. The Bertz CT molecular complexity index is 204. The van der Waals surface area contributed by atoms with Gasteiger partial charge in [-0.25, -0.2) is 0 Å². The van der Waals surface area contributed by atoms with Crippen molar-refractivity contribution in [2.45, 2.75) is 46.6 Å². The van der Waals surface area contributed by atoms with Crippen molar-refractivity contribution < 1.29 is 4.79 Å². The first kappa shape index (κ1) is 15.4. The van der Waals surface area contributed by atoms with Crippen LogP contribution in [-0.2, 0) is 4.79 Å². The Labute approximate surface area is 101 Å². The number of hydrogen-bond donors (Lipinski definition) is 0. The molecule has 0 aromatic rings. The zero-order chi connectivity index (χ0) is 12.7. The van der Waals surface area contributed by atoms with Crippen LogP contribution in [0.1, 0.15) is 40.5 Å². The van der Waals surface area contributed by atoms with Crippen LogP contribution in [0, 0.1) is 5.92 Å². The van der Waals surface area contributed by atoms with Gasteiger partial charge in [0, 0.05) is 33.1 Å². The fraction of sp³-hybridized carbons (Fsp3) is 0.923. The average molecular weight is 228 g/mol. The highest BCUT2D eigenvalue weighted by molar-refractivity contribution is 5.72. The van der Waals surface area contributed by atoms with Gasteiger partial charge in [-0.15, -0.1) is 0 Å². The Morgan fingerprint density at radius 3 is 2.06 bits per heavy atom. The molecule has 0 radical (unpaired) electrons. The first-order chi connectivity index (χ1) is 7.34. The first-order valence-corrected chi connectivity index (χ1v) is 6.26. The van der Waals surface area contributed by atoms with Gasteiger partial charge in [0.05, 0.1) is 0 Å². The van der Waals surface area contributed by atoms with E-state index in [1.54, 1.807) is 11.8 Å². The van der Waals surface area contributed by atoms with Gasteiger partial charge in [0.25, 0.3) is 0 Å². The molecule has 0 saturated carbocycles. The summed E-state index contributed by atoms with van der Waals surface area (Å²) >= 11 is 0. The number of nitrogens with zero attached hydrogens (tertiary/aromatic N) is 2. The molecule has 1 unspecified atom stereocenters. The zero-order valence-electron chi connectivity index (χ0n) is 11.8. The average Bonchev–Trinajstić information content (AvgIpc) is 2.21. The Balaban J connectivity index is 3.78. The van der Waals surface area contributed by atoms with Crippen LogP contribution in [-0.4, -0.2) is 48.9 Å². The van der Waals surface area contributed by atoms with E-state index in [-0.39, 0.29) is 5.91 Å². The quantitative estimate of drug-likeness (QED) is 0.667. The van der Waals surface area contributed by atoms with Crippen LogP contribution >= 0.6 is 0 Å². The molecule has 0 spiro atoms. The molecule has 0 aliphatic rings. The van der Waals surface area contributed by atoms with Crippen molar-refractivity contribution in [1.29, 1.82) is 0 Å². The predicted octanol–water partition coefficient (Wildman–Crippen LogP) is 2.22. The van der Waals surface area contributed by atoms with E-state index in [9.17, 15) is 4.79 Å². The van der Waals surface area contributed by atoms with E-state index in [0.717, 1.165) is 19.0 Å². The van der Waals surface area contributed by atoms with Crippen LogP contribution in [0.4, 0.5) is 0 Å². The maximum absolute atomic E-state index is 11.0. The number of hydrogen-bond acceptors (Lipinski definition) is 2. The number of amides is 1. The van der Waals surface area contributed by atoms with Crippen molar-refractivity contribution in [3.8, 4) is 0 Å². The van der Waals surface area contributed by atoms with Gasteiger partial charge in [0.15, 0.2) is 0 Å². The van der Waals surface area contributed by atoms with Crippen molar-refractivity contribution >= 4 is 5.91 Å². The summed E-state index contributed by atoms with van der Waals surface area (Å²) in [5.41, 5.74) is 0. The predicted molar refractivity (Wildman–Crippen MR) is 69.5 cm³/mol. The number of carbonyl (C=O) groups is 1. The Morgan fingerprint density at radius 2 is 1.62 bits per heavy atom. The van der Waals surface area contributed by atoms with E-state index in [2.05, 4.69) is 32.7 Å². The topological polar surface area (TPSA) is 23.6 Å². The van der Waals surface area contributed by atoms with Crippen molar-refractivity contribution in [1.82, 2.24) is 9.80 Å². The van der Waals surface area contributed by atoms with Crippen LogP contribution in [0.5, 0.6) is 0 Å². The van der Waals surface area contributed by atoms with Gasteiger partial charge in [-0.1, -0.05) is 13.8 Å². The minimum Gasteiger partial charge on any atom is -0.345 e. The summed E-state index contributed by atoms with van der Waals surface area (Å²) in [4.78, 5) is 15.2. The van der Waals surface area contributed by atoms with Crippen molar-refractivity contribution in [3.63, 3.8) is 0 Å². The Hall–Kier alpha value is -0.570. The summed E-state index contributed by atoms with van der Waals surface area (Å²) in [5.74, 6) is 0.916. The maximum Gasteiger partial charge on any atom is 0.219 e. The Morgan fingerprint density at radius 1 is 1.06 bits per heavy atom. The molecule has 1 amide bonds. The summed E-state index contributed by atoms with van der Waals surface area (Å²) in [7, 11) is 3.99. The summed E-state index contributed by atoms with van der Waals surface area (Å²) in [5, 5.41) is 0. The molecule has 0 N–H and O–H groups in total. The van der Waals surface area contributed by atoms with E-state index >= 15 is 0 Å². The lowest BCUT2D eigenvalue weighted by atomic mass is 10.0. The van der Waals surface area contributed by atoms with Gasteiger partial charge in [-0.2, -0.15) is 0 Å². The van der Waals surface area contributed by atoms with Crippen LogP contribution in [0.15, 0.2) is 0 Å². The van der Waals surface area contributed by atoms with E-state index in [0.29, 0.717) is 6.04 Å². The van der Waals surface area contributed by atoms with E-state index in [4.69, 9.17) is 0 Å². The third-order valence-corrected chi connectivity index (χ3v) is 3.24. The fourth-order valence-electron chi connectivity index (χ4n) is 1.48. The zero-order valence-corrected chi connectivity index (χ0v) is 11.8. The molecule has 0 aromatic heterocycles. The number of likely N-dealkylation sites (N-methyl/N-ethyl adjacent to an activating group) is 2. The van der Waals surface area contributed by atoms with Gasteiger partial charge < -0.3 is 9.80 Å². The maximum atomic E-state index is 11.0. The third-order valence-electron chi connectivity index (χ3n) is 3.24. The van der Waals surface area contributed by atoms with Gasteiger partial charge in [-0.3, -0.25) is 4.79 Å². The molecule has 16 heavy (non-hydrogen) atoms. The second kappa shape index (κ2) is 7.66. The number of carbonyl (C=O) groups excluding carboxylic acids is 1. The van der Waals surface area contributed by atoms with E-state index in [1.165, 1.54) is 12.8 Å². The normalized spacial score (nSPS) is 13.2. The molecule has 0 fully saturated rings. The van der Waals surface area contributed by atoms with Crippen molar-refractivity contribution in [2.75, 3.05) is 27.2 Å².